The van der Waals surface area contributed by atoms with E-state index < -0.39 is 0 Å². The molecule has 3 heteroatoms. The van der Waals surface area contributed by atoms with Crippen LogP contribution in [0.25, 0.3) is 20.5 Å². The molecule has 3 aromatic rings. The predicted molar refractivity (Wildman–Crippen MR) is 78.2 cm³/mol. The van der Waals surface area contributed by atoms with Crippen LogP contribution in [0.15, 0.2) is 48.5 Å². The zero-order valence-electron chi connectivity index (χ0n) is 9.56. The van der Waals surface area contributed by atoms with Crippen LogP contribution >= 0.6 is 22.9 Å². The summed E-state index contributed by atoms with van der Waals surface area (Å²) in [5, 5.41) is 11.3. The van der Waals surface area contributed by atoms with E-state index in [1.165, 1.54) is 10.1 Å². The fraction of sp³-hybridized carbons (Fsp3) is 0.0667. The van der Waals surface area contributed by atoms with Gasteiger partial charge in [-0.05, 0) is 40.8 Å². The summed E-state index contributed by atoms with van der Waals surface area (Å²) in [6.45, 7) is 0.0285. The lowest BCUT2D eigenvalue weighted by molar-refractivity contribution is 0.282. The van der Waals surface area contributed by atoms with Crippen LogP contribution in [0.2, 0.25) is 5.02 Å². The molecule has 1 nitrogen and oxygen atoms in total. The summed E-state index contributed by atoms with van der Waals surface area (Å²) in [6.07, 6.45) is 0. The lowest BCUT2D eigenvalue weighted by Crippen LogP contribution is -1.87. The van der Waals surface area contributed by atoms with Gasteiger partial charge in [-0.3, -0.25) is 0 Å². The largest absolute Gasteiger partial charge is 0.392 e. The van der Waals surface area contributed by atoms with E-state index in [-0.39, 0.29) is 6.61 Å². The number of fused-ring (bicyclic) bond motifs is 1. The lowest BCUT2D eigenvalue weighted by Gasteiger charge is -2.05. The second-order valence-corrected chi connectivity index (χ2v) is 5.63. The van der Waals surface area contributed by atoms with Gasteiger partial charge in [0.2, 0.25) is 0 Å². The Kier molecular flexibility index (Phi) is 3.08. The average molecular weight is 275 g/mol. The van der Waals surface area contributed by atoms with Crippen molar-refractivity contribution >= 4 is 33.0 Å². The van der Waals surface area contributed by atoms with Gasteiger partial charge in [0.25, 0.3) is 0 Å². The van der Waals surface area contributed by atoms with Gasteiger partial charge in [-0.25, -0.2) is 0 Å². The summed E-state index contributed by atoms with van der Waals surface area (Å²) in [5.41, 5.74) is 1.93. The Bertz CT molecular complexity index is 670. The number of benzene rings is 2. The number of hydrogen-bond acceptors (Lipinski definition) is 2. The van der Waals surface area contributed by atoms with E-state index in [0.29, 0.717) is 5.02 Å². The maximum atomic E-state index is 9.41. The van der Waals surface area contributed by atoms with Crippen LogP contribution in [-0.2, 0) is 6.61 Å². The van der Waals surface area contributed by atoms with Gasteiger partial charge < -0.3 is 5.11 Å². The van der Waals surface area contributed by atoms with Crippen molar-refractivity contribution in [3.63, 3.8) is 0 Å². The highest BCUT2D eigenvalue weighted by Gasteiger charge is 2.09. The molecular weight excluding hydrogens is 264 g/mol. The van der Waals surface area contributed by atoms with E-state index in [1.807, 2.05) is 30.3 Å². The van der Waals surface area contributed by atoms with Gasteiger partial charge in [0.1, 0.15) is 0 Å². The molecule has 0 atom stereocenters. The van der Waals surface area contributed by atoms with Crippen LogP contribution < -0.4 is 0 Å². The molecule has 0 aliphatic carbocycles. The predicted octanol–water partition coefficient (Wildman–Crippen LogP) is 4.71. The molecule has 0 saturated carbocycles. The molecule has 18 heavy (non-hydrogen) atoms. The van der Waals surface area contributed by atoms with Crippen LogP contribution in [0.5, 0.6) is 0 Å². The second-order valence-electron chi connectivity index (χ2n) is 4.11. The normalized spacial score (nSPS) is 11.0. The molecule has 0 spiro atoms. The Morgan fingerprint density at radius 2 is 1.89 bits per heavy atom. The summed E-state index contributed by atoms with van der Waals surface area (Å²) < 4.78 is 1.25. The molecule has 0 bridgehead atoms. The van der Waals surface area contributed by atoms with Crippen molar-refractivity contribution in [1.82, 2.24) is 0 Å². The molecule has 3 rings (SSSR count). The van der Waals surface area contributed by atoms with Gasteiger partial charge >= 0.3 is 0 Å². The molecule has 1 aromatic heterocycles. The Morgan fingerprint density at radius 3 is 2.67 bits per heavy atom. The molecule has 0 fully saturated rings. The monoisotopic (exact) mass is 274 g/mol. The molecule has 0 saturated heterocycles. The SMILES string of the molecule is OCc1ccc(Cl)cc1-c1cc2ccccc2s1. The van der Waals surface area contributed by atoms with Crippen LogP contribution in [0.3, 0.4) is 0 Å². The second kappa shape index (κ2) is 4.73. The first-order valence-electron chi connectivity index (χ1n) is 5.66. The van der Waals surface area contributed by atoms with E-state index in [4.69, 9.17) is 11.6 Å². The zero-order valence-corrected chi connectivity index (χ0v) is 11.1. The smallest absolute Gasteiger partial charge is 0.0688 e. The van der Waals surface area contributed by atoms with Gasteiger partial charge in [-0.15, -0.1) is 11.3 Å². The Labute approximate surface area is 114 Å². The van der Waals surface area contributed by atoms with Crippen LogP contribution in [0, 0.1) is 0 Å². The van der Waals surface area contributed by atoms with Crippen molar-refractivity contribution in [2.45, 2.75) is 6.61 Å². The van der Waals surface area contributed by atoms with Crippen LogP contribution in [0.4, 0.5) is 0 Å². The quantitative estimate of drug-likeness (QED) is 0.717. The van der Waals surface area contributed by atoms with Crippen molar-refractivity contribution in [3.05, 3.63) is 59.1 Å². The van der Waals surface area contributed by atoms with E-state index in [1.54, 1.807) is 11.3 Å². The molecular formula is C15H11ClOS. The van der Waals surface area contributed by atoms with Gasteiger partial charge in [0.15, 0.2) is 0 Å². The summed E-state index contributed by atoms with van der Waals surface area (Å²) in [4.78, 5) is 1.14. The fourth-order valence-corrected chi connectivity index (χ4v) is 3.32. The van der Waals surface area contributed by atoms with Crippen molar-refractivity contribution in [2.75, 3.05) is 0 Å². The van der Waals surface area contributed by atoms with Crippen LogP contribution in [0.1, 0.15) is 5.56 Å². The number of halogens is 1. The average Bonchev–Trinajstić information content (AvgIpc) is 2.82. The highest BCUT2D eigenvalue weighted by atomic mass is 35.5. The number of hydrogen-bond donors (Lipinski definition) is 1. The number of aliphatic hydroxyl groups is 1. The Hall–Kier alpha value is -1.35. The summed E-state index contributed by atoms with van der Waals surface area (Å²) in [7, 11) is 0. The van der Waals surface area contributed by atoms with Crippen molar-refractivity contribution < 1.29 is 5.11 Å². The number of rotatable bonds is 2. The van der Waals surface area contributed by atoms with E-state index >= 15 is 0 Å². The molecule has 0 radical (unpaired) electrons. The highest BCUT2D eigenvalue weighted by molar-refractivity contribution is 7.22. The van der Waals surface area contributed by atoms with Gasteiger partial charge in [-0.2, -0.15) is 0 Å². The first kappa shape index (κ1) is 11.7. The lowest BCUT2D eigenvalue weighted by atomic mass is 10.1. The van der Waals surface area contributed by atoms with Gasteiger partial charge in [0.05, 0.1) is 6.61 Å². The zero-order chi connectivity index (χ0) is 12.5. The molecule has 90 valence electrons. The minimum Gasteiger partial charge on any atom is -0.392 e. The standard InChI is InChI=1S/C15H11ClOS/c16-12-6-5-11(9-17)13(8-12)15-7-10-3-1-2-4-14(10)18-15/h1-8,17H,9H2. The molecule has 2 aromatic carbocycles. The number of aliphatic hydroxyl groups excluding tert-OH is 1. The molecule has 0 amide bonds. The molecule has 0 unspecified atom stereocenters. The Morgan fingerprint density at radius 1 is 1.06 bits per heavy atom. The Balaban J connectivity index is 2.22. The summed E-state index contributed by atoms with van der Waals surface area (Å²) in [6, 6.07) is 16.0. The maximum Gasteiger partial charge on any atom is 0.0688 e. The van der Waals surface area contributed by atoms with Crippen molar-refractivity contribution in [2.24, 2.45) is 0 Å². The number of thiophene rings is 1. The highest BCUT2D eigenvalue weighted by Crippen LogP contribution is 2.36. The topological polar surface area (TPSA) is 20.2 Å². The first-order chi connectivity index (χ1) is 8.78. The van der Waals surface area contributed by atoms with Gasteiger partial charge in [0, 0.05) is 14.6 Å². The van der Waals surface area contributed by atoms with E-state index in [0.717, 1.165) is 16.0 Å². The maximum absolute atomic E-state index is 9.41. The molecule has 1 N–H and O–H groups in total. The minimum atomic E-state index is 0.0285. The van der Waals surface area contributed by atoms with Crippen molar-refractivity contribution in [3.8, 4) is 10.4 Å². The third-order valence-corrected chi connectivity index (χ3v) is 4.32. The summed E-state index contributed by atoms with van der Waals surface area (Å²) in [5.74, 6) is 0. The third kappa shape index (κ3) is 2.03. The minimum absolute atomic E-state index is 0.0285. The molecule has 1 heterocycles. The van der Waals surface area contributed by atoms with Crippen LogP contribution in [-0.4, -0.2) is 5.11 Å². The van der Waals surface area contributed by atoms with Gasteiger partial charge in [-0.1, -0.05) is 35.9 Å². The molecule has 0 aliphatic rings. The van der Waals surface area contributed by atoms with Crippen molar-refractivity contribution in [1.29, 1.82) is 0 Å². The first-order valence-corrected chi connectivity index (χ1v) is 6.85. The third-order valence-electron chi connectivity index (χ3n) is 2.93. The fourth-order valence-electron chi connectivity index (χ4n) is 2.03. The molecule has 0 aliphatic heterocycles. The summed E-state index contributed by atoms with van der Waals surface area (Å²) >= 11 is 7.76. The van der Waals surface area contributed by atoms with E-state index in [9.17, 15) is 5.11 Å². The van der Waals surface area contributed by atoms with E-state index in [2.05, 4.69) is 18.2 Å².